The molecule has 1 aliphatic heterocycles. The van der Waals surface area contributed by atoms with Crippen molar-refractivity contribution >= 4 is 28.3 Å². The second-order valence-corrected chi connectivity index (χ2v) is 7.56. The number of benzene rings is 3. The lowest BCUT2D eigenvalue weighted by atomic mass is 9.99. The molecule has 3 aromatic rings. The van der Waals surface area contributed by atoms with Gasteiger partial charge in [-0.2, -0.15) is 0 Å². The Morgan fingerprint density at radius 3 is 2.27 bits per heavy atom. The molecular formula is C24H23NO5. The second-order valence-electron chi connectivity index (χ2n) is 7.56. The fraction of sp³-hybridized carbons (Fsp3) is 0.250. The van der Waals surface area contributed by atoms with E-state index in [0.717, 1.165) is 16.3 Å². The van der Waals surface area contributed by atoms with Gasteiger partial charge in [-0.15, -0.1) is 0 Å². The molecule has 0 saturated carbocycles. The molecule has 0 aromatic heterocycles. The Kier molecular flexibility index (Phi) is 5.08. The first-order valence-electron chi connectivity index (χ1n) is 9.81. The number of nitrogens with zero attached hydrogens (tertiary/aromatic N) is 1. The van der Waals surface area contributed by atoms with Gasteiger partial charge < -0.3 is 19.5 Å². The summed E-state index contributed by atoms with van der Waals surface area (Å²) in [5, 5.41) is 10.7. The zero-order valence-corrected chi connectivity index (χ0v) is 17.1. The maximum atomic E-state index is 13.4. The van der Waals surface area contributed by atoms with Crippen molar-refractivity contribution in [2.75, 3.05) is 12.0 Å². The van der Waals surface area contributed by atoms with Gasteiger partial charge in [-0.25, -0.2) is 0 Å². The van der Waals surface area contributed by atoms with Crippen LogP contribution in [0.1, 0.15) is 35.3 Å². The van der Waals surface area contributed by atoms with Crippen LogP contribution in [0.2, 0.25) is 0 Å². The topological polar surface area (TPSA) is 76.1 Å². The van der Waals surface area contributed by atoms with Gasteiger partial charge in [0.05, 0.1) is 31.7 Å². The molecule has 0 bridgehead atoms. The summed E-state index contributed by atoms with van der Waals surface area (Å²) < 4.78 is 11.8. The molecule has 3 aromatic carbocycles. The average molecular weight is 405 g/mol. The fourth-order valence-corrected chi connectivity index (χ4v) is 3.93. The molecule has 1 heterocycles. The van der Waals surface area contributed by atoms with E-state index < -0.39 is 5.97 Å². The molecule has 6 heteroatoms. The van der Waals surface area contributed by atoms with Gasteiger partial charge in [0.15, 0.2) is 0 Å². The third-order valence-electron chi connectivity index (χ3n) is 5.16. The lowest BCUT2D eigenvalue weighted by Gasteiger charge is -2.18. The Labute approximate surface area is 174 Å². The summed E-state index contributed by atoms with van der Waals surface area (Å²) in [6.45, 7) is 4.28. The highest BCUT2D eigenvalue weighted by Gasteiger charge is 2.36. The largest absolute Gasteiger partial charge is 0.495 e. The van der Waals surface area contributed by atoms with Crippen LogP contribution in [-0.2, 0) is 17.8 Å². The van der Waals surface area contributed by atoms with Gasteiger partial charge in [-0.3, -0.25) is 9.59 Å². The number of methoxy groups -OCH3 is 1. The van der Waals surface area contributed by atoms with Gasteiger partial charge in [0.25, 0.3) is 5.91 Å². The summed E-state index contributed by atoms with van der Waals surface area (Å²) >= 11 is 0. The number of fused-ring (bicyclic) bond motifs is 2. The molecule has 1 aliphatic rings. The summed E-state index contributed by atoms with van der Waals surface area (Å²) in [6, 6.07) is 14.8. The molecule has 6 nitrogen and oxygen atoms in total. The van der Waals surface area contributed by atoms with Crippen LogP contribution in [0.25, 0.3) is 10.8 Å². The Balaban J connectivity index is 1.83. The molecule has 0 fully saturated rings. The number of hydrogen-bond acceptors (Lipinski definition) is 4. The summed E-state index contributed by atoms with van der Waals surface area (Å²) in [6.07, 6.45) is -0.106. The van der Waals surface area contributed by atoms with Crippen molar-refractivity contribution in [3.63, 3.8) is 0 Å². The number of rotatable bonds is 6. The van der Waals surface area contributed by atoms with Crippen LogP contribution in [0.5, 0.6) is 11.5 Å². The molecule has 30 heavy (non-hydrogen) atoms. The van der Waals surface area contributed by atoms with Crippen LogP contribution in [0.15, 0.2) is 48.5 Å². The predicted molar refractivity (Wildman–Crippen MR) is 115 cm³/mol. The van der Waals surface area contributed by atoms with Crippen molar-refractivity contribution in [2.24, 2.45) is 0 Å². The van der Waals surface area contributed by atoms with E-state index in [4.69, 9.17) is 14.6 Å². The third-order valence-corrected chi connectivity index (χ3v) is 5.16. The normalized spacial score (nSPS) is 13.1. The molecule has 154 valence electrons. The van der Waals surface area contributed by atoms with E-state index in [9.17, 15) is 9.59 Å². The highest BCUT2D eigenvalue weighted by molar-refractivity contribution is 6.16. The standard InChI is InChI=1S/C24H23NO5/c1-14(2)30-22-17-6-4-5-7-18(17)23(29-3)21-19(22)13-25(24(21)28)16-10-8-15(9-11-16)12-20(26)27/h4-11,14H,12-13H2,1-3H3,(H,26,27). The van der Waals surface area contributed by atoms with Crippen molar-refractivity contribution < 1.29 is 24.2 Å². The van der Waals surface area contributed by atoms with E-state index in [2.05, 4.69) is 0 Å². The lowest BCUT2D eigenvalue weighted by molar-refractivity contribution is -0.136. The van der Waals surface area contributed by atoms with Crippen molar-refractivity contribution in [3.8, 4) is 11.5 Å². The van der Waals surface area contributed by atoms with Gasteiger partial charge >= 0.3 is 5.97 Å². The van der Waals surface area contributed by atoms with Crippen molar-refractivity contribution in [2.45, 2.75) is 32.9 Å². The van der Waals surface area contributed by atoms with Gasteiger partial charge in [0.1, 0.15) is 11.5 Å². The predicted octanol–water partition coefficient (Wildman–Crippen LogP) is 4.42. The molecule has 0 atom stereocenters. The van der Waals surface area contributed by atoms with Crippen LogP contribution in [-0.4, -0.2) is 30.2 Å². The van der Waals surface area contributed by atoms with Crippen LogP contribution in [0.4, 0.5) is 5.69 Å². The number of carboxylic acid groups (broad SMARTS) is 1. The van der Waals surface area contributed by atoms with Crippen LogP contribution in [0, 0.1) is 0 Å². The summed E-state index contributed by atoms with van der Waals surface area (Å²) in [5.74, 6) is 0.202. The van der Waals surface area contributed by atoms with Crippen LogP contribution >= 0.6 is 0 Å². The molecule has 0 saturated heterocycles. The molecule has 0 spiro atoms. The number of amides is 1. The van der Waals surface area contributed by atoms with Crippen LogP contribution < -0.4 is 14.4 Å². The number of aliphatic carboxylic acids is 1. The van der Waals surface area contributed by atoms with Gasteiger partial charge in [-0.05, 0) is 31.5 Å². The Hall–Kier alpha value is -3.54. The number of anilines is 1. The minimum Gasteiger partial charge on any atom is -0.495 e. The zero-order chi connectivity index (χ0) is 21.4. The summed E-state index contributed by atoms with van der Waals surface area (Å²) in [4.78, 5) is 26.0. The molecule has 0 radical (unpaired) electrons. The number of carbonyl (C=O) groups excluding carboxylic acids is 1. The molecule has 4 rings (SSSR count). The fourth-order valence-electron chi connectivity index (χ4n) is 3.93. The smallest absolute Gasteiger partial charge is 0.307 e. The SMILES string of the molecule is COc1c2c(c(OC(C)C)c3ccccc13)CN(c1ccc(CC(=O)O)cc1)C2=O. The maximum Gasteiger partial charge on any atom is 0.307 e. The number of carbonyl (C=O) groups is 2. The average Bonchev–Trinajstić information content (AvgIpc) is 3.05. The Morgan fingerprint density at radius 1 is 1.07 bits per heavy atom. The third kappa shape index (κ3) is 3.34. The lowest BCUT2D eigenvalue weighted by Crippen LogP contribution is -2.23. The zero-order valence-electron chi connectivity index (χ0n) is 17.1. The highest BCUT2D eigenvalue weighted by Crippen LogP contribution is 2.46. The first-order chi connectivity index (χ1) is 14.4. The van der Waals surface area contributed by atoms with Gasteiger partial charge in [0, 0.05) is 22.0 Å². The van der Waals surface area contributed by atoms with Crippen LogP contribution in [0.3, 0.4) is 0 Å². The monoisotopic (exact) mass is 405 g/mol. The quantitative estimate of drug-likeness (QED) is 0.657. The van der Waals surface area contributed by atoms with E-state index in [0.29, 0.717) is 34.9 Å². The van der Waals surface area contributed by atoms with E-state index in [1.54, 1.807) is 36.3 Å². The highest BCUT2D eigenvalue weighted by atomic mass is 16.5. The Bertz CT molecular complexity index is 1130. The number of ether oxygens (including phenoxy) is 2. The Morgan fingerprint density at radius 2 is 1.70 bits per heavy atom. The molecule has 1 N–H and O–H groups in total. The van der Waals surface area contributed by atoms with E-state index in [1.807, 2.05) is 38.1 Å². The van der Waals surface area contributed by atoms with Crippen molar-refractivity contribution in [1.82, 2.24) is 0 Å². The number of hydrogen-bond donors (Lipinski definition) is 1. The van der Waals surface area contributed by atoms with Gasteiger partial charge in [-0.1, -0.05) is 36.4 Å². The molecule has 0 aliphatic carbocycles. The van der Waals surface area contributed by atoms with Crippen molar-refractivity contribution in [1.29, 1.82) is 0 Å². The minimum atomic E-state index is -0.890. The van der Waals surface area contributed by atoms with Crippen molar-refractivity contribution in [3.05, 3.63) is 65.2 Å². The number of carboxylic acids is 1. The molecular weight excluding hydrogens is 382 g/mol. The van der Waals surface area contributed by atoms with E-state index in [1.165, 1.54) is 0 Å². The molecule has 1 amide bonds. The molecule has 0 unspecified atom stereocenters. The maximum absolute atomic E-state index is 13.4. The summed E-state index contributed by atoms with van der Waals surface area (Å²) in [5.41, 5.74) is 2.70. The van der Waals surface area contributed by atoms with Gasteiger partial charge in [0.2, 0.25) is 0 Å². The van der Waals surface area contributed by atoms with E-state index in [-0.39, 0.29) is 18.4 Å². The van der Waals surface area contributed by atoms with E-state index >= 15 is 0 Å². The first-order valence-corrected chi connectivity index (χ1v) is 9.81. The first kappa shape index (κ1) is 19.8. The second kappa shape index (κ2) is 7.71. The minimum absolute atomic E-state index is 0.0506. The summed E-state index contributed by atoms with van der Waals surface area (Å²) in [7, 11) is 1.57.